The van der Waals surface area contributed by atoms with Crippen molar-refractivity contribution in [3.63, 3.8) is 0 Å². The van der Waals surface area contributed by atoms with E-state index in [0.29, 0.717) is 0 Å². The first kappa shape index (κ1) is 12.8. The van der Waals surface area contributed by atoms with Crippen molar-refractivity contribution in [2.45, 2.75) is 19.4 Å². The zero-order valence-electron chi connectivity index (χ0n) is 10.8. The summed E-state index contributed by atoms with van der Waals surface area (Å²) < 4.78 is 13.9. The molecule has 94 valence electrons. The van der Waals surface area contributed by atoms with Gasteiger partial charge in [-0.2, -0.15) is 0 Å². The maximum atomic E-state index is 13.9. The van der Waals surface area contributed by atoms with Gasteiger partial charge >= 0.3 is 0 Å². The van der Waals surface area contributed by atoms with E-state index in [0.717, 1.165) is 17.5 Å². The van der Waals surface area contributed by atoms with Crippen LogP contribution in [0.3, 0.4) is 0 Å². The van der Waals surface area contributed by atoms with Gasteiger partial charge in [0.25, 0.3) is 0 Å². The third kappa shape index (κ3) is 2.96. The molecule has 1 N–H and O–H groups in total. The Morgan fingerprint density at radius 1 is 1.11 bits per heavy atom. The Hall–Kier alpha value is -1.67. The Morgan fingerprint density at radius 2 is 1.83 bits per heavy atom. The van der Waals surface area contributed by atoms with Crippen LogP contribution in [-0.4, -0.2) is 7.05 Å². The van der Waals surface area contributed by atoms with Crippen molar-refractivity contribution in [1.82, 2.24) is 5.32 Å². The predicted octanol–water partition coefficient (Wildman–Crippen LogP) is 3.64. The maximum absolute atomic E-state index is 13.9. The van der Waals surface area contributed by atoms with Crippen LogP contribution in [0.4, 0.5) is 4.39 Å². The van der Waals surface area contributed by atoms with Gasteiger partial charge in [-0.15, -0.1) is 0 Å². The van der Waals surface area contributed by atoms with Gasteiger partial charge in [-0.1, -0.05) is 48.0 Å². The summed E-state index contributed by atoms with van der Waals surface area (Å²) in [5.41, 5.74) is 3.03. The molecule has 18 heavy (non-hydrogen) atoms. The second-order valence-corrected chi connectivity index (χ2v) is 4.56. The number of rotatable bonds is 4. The van der Waals surface area contributed by atoms with Crippen molar-refractivity contribution >= 4 is 0 Å². The summed E-state index contributed by atoms with van der Waals surface area (Å²) in [6.07, 6.45) is 0.789. The van der Waals surface area contributed by atoms with Gasteiger partial charge in [0.05, 0.1) is 0 Å². The summed E-state index contributed by atoms with van der Waals surface area (Å²) in [5.74, 6) is -0.143. The van der Waals surface area contributed by atoms with Gasteiger partial charge in [-0.3, -0.25) is 0 Å². The van der Waals surface area contributed by atoms with Gasteiger partial charge in [0, 0.05) is 11.6 Å². The van der Waals surface area contributed by atoms with Crippen LogP contribution in [0.5, 0.6) is 0 Å². The maximum Gasteiger partial charge on any atom is 0.128 e. The Morgan fingerprint density at radius 3 is 2.50 bits per heavy atom. The Bertz CT molecular complexity index is 508. The molecular formula is C16H18FN. The minimum atomic E-state index is -0.143. The molecule has 0 fully saturated rings. The molecule has 1 unspecified atom stereocenters. The van der Waals surface area contributed by atoms with Crippen molar-refractivity contribution < 1.29 is 4.39 Å². The Labute approximate surface area is 108 Å². The van der Waals surface area contributed by atoms with Gasteiger partial charge in [0.1, 0.15) is 5.82 Å². The smallest absolute Gasteiger partial charge is 0.128 e. The van der Waals surface area contributed by atoms with Crippen LogP contribution in [0.2, 0.25) is 0 Å². The molecule has 0 saturated heterocycles. The summed E-state index contributed by atoms with van der Waals surface area (Å²) in [6, 6.07) is 15.4. The van der Waals surface area contributed by atoms with Crippen molar-refractivity contribution in [3.8, 4) is 0 Å². The van der Waals surface area contributed by atoms with Crippen LogP contribution in [0, 0.1) is 12.7 Å². The monoisotopic (exact) mass is 243 g/mol. The highest BCUT2D eigenvalue weighted by atomic mass is 19.1. The summed E-state index contributed by atoms with van der Waals surface area (Å²) in [7, 11) is 1.87. The molecule has 0 bridgehead atoms. The first-order chi connectivity index (χ1) is 8.70. The fourth-order valence-electron chi connectivity index (χ4n) is 2.15. The summed E-state index contributed by atoms with van der Waals surface area (Å²) in [4.78, 5) is 0. The van der Waals surface area contributed by atoms with E-state index in [2.05, 4.69) is 17.4 Å². The van der Waals surface area contributed by atoms with Crippen LogP contribution < -0.4 is 5.32 Å². The molecule has 0 radical (unpaired) electrons. The highest BCUT2D eigenvalue weighted by molar-refractivity contribution is 5.29. The Balaban J connectivity index is 2.26. The standard InChI is InChI=1S/C16H18FN/c1-12-8-9-15(17)14(10-12)16(18-2)11-13-6-4-3-5-7-13/h3-10,16,18H,11H2,1-2H3. The largest absolute Gasteiger partial charge is 0.313 e. The van der Waals surface area contributed by atoms with Crippen LogP contribution in [0.25, 0.3) is 0 Å². The molecule has 0 amide bonds. The number of benzene rings is 2. The third-order valence-corrected chi connectivity index (χ3v) is 3.16. The summed E-state index contributed by atoms with van der Waals surface area (Å²) >= 11 is 0. The van der Waals surface area contributed by atoms with E-state index in [4.69, 9.17) is 0 Å². The molecular weight excluding hydrogens is 225 g/mol. The fraction of sp³-hybridized carbons (Fsp3) is 0.250. The number of halogens is 1. The SMILES string of the molecule is CNC(Cc1ccccc1)c1cc(C)ccc1F. The van der Waals surface area contributed by atoms with Crippen molar-refractivity contribution in [2.24, 2.45) is 0 Å². The molecule has 2 rings (SSSR count). The van der Waals surface area contributed by atoms with E-state index in [1.807, 2.05) is 38.2 Å². The molecule has 2 aromatic rings. The predicted molar refractivity (Wildman–Crippen MR) is 73.1 cm³/mol. The lowest BCUT2D eigenvalue weighted by Crippen LogP contribution is -2.20. The average molecular weight is 243 g/mol. The first-order valence-electron chi connectivity index (χ1n) is 6.18. The average Bonchev–Trinajstić information content (AvgIpc) is 2.40. The number of nitrogens with one attached hydrogen (secondary N) is 1. The molecule has 1 nitrogen and oxygen atoms in total. The van der Waals surface area contributed by atoms with Gasteiger partial charge in [-0.25, -0.2) is 4.39 Å². The van der Waals surface area contributed by atoms with Gasteiger partial charge < -0.3 is 5.32 Å². The molecule has 0 aromatic heterocycles. The van der Waals surface area contributed by atoms with E-state index in [-0.39, 0.29) is 11.9 Å². The molecule has 0 heterocycles. The number of aryl methyl sites for hydroxylation is 1. The highest BCUT2D eigenvalue weighted by Crippen LogP contribution is 2.22. The van der Waals surface area contributed by atoms with E-state index in [1.165, 1.54) is 5.56 Å². The molecule has 0 spiro atoms. The number of hydrogen-bond donors (Lipinski definition) is 1. The summed E-state index contributed by atoms with van der Waals surface area (Å²) in [6.45, 7) is 1.98. The van der Waals surface area contributed by atoms with E-state index >= 15 is 0 Å². The van der Waals surface area contributed by atoms with Gasteiger partial charge in [0.2, 0.25) is 0 Å². The first-order valence-corrected chi connectivity index (χ1v) is 6.18. The lowest BCUT2D eigenvalue weighted by Gasteiger charge is -2.18. The van der Waals surface area contributed by atoms with E-state index < -0.39 is 0 Å². The second kappa shape index (κ2) is 5.78. The molecule has 0 aliphatic rings. The zero-order chi connectivity index (χ0) is 13.0. The van der Waals surface area contributed by atoms with Crippen molar-refractivity contribution in [1.29, 1.82) is 0 Å². The van der Waals surface area contributed by atoms with E-state index in [1.54, 1.807) is 12.1 Å². The molecule has 2 aromatic carbocycles. The second-order valence-electron chi connectivity index (χ2n) is 4.56. The topological polar surface area (TPSA) is 12.0 Å². The van der Waals surface area contributed by atoms with Crippen LogP contribution in [-0.2, 0) is 6.42 Å². The van der Waals surface area contributed by atoms with Crippen LogP contribution in [0.15, 0.2) is 48.5 Å². The third-order valence-electron chi connectivity index (χ3n) is 3.16. The van der Waals surface area contributed by atoms with E-state index in [9.17, 15) is 4.39 Å². The fourth-order valence-corrected chi connectivity index (χ4v) is 2.15. The number of hydrogen-bond acceptors (Lipinski definition) is 1. The lowest BCUT2D eigenvalue weighted by atomic mass is 9.97. The Kier molecular flexibility index (Phi) is 4.11. The zero-order valence-corrected chi connectivity index (χ0v) is 10.8. The quantitative estimate of drug-likeness (QED) is 0.864. The normalized spacial score (nSPS) is 12.4. The van der Waals surface area contributed by atoms with Crippen LogP contribution >= 0.6 is 0 Å². The molecule has 1 atom stereocenters. The minimum Gasteiger partial charge on any atom is -0.313 e. The molecule has 0 aliphatic heterocycles. The highest BCUT2D eigenvalue weighted by Gasteiger charge is 2.14. The lowest BCUT2D eigenvalue weighted by molar-refractivity contribution is 0.533. The number of likely N-dealkylation sites (N-methyl/N-ethyl adjacent to an activating group) is 1. The van der Waals surface area contributed by atoms with Crippen molar-refractivity contribution in [2.75, 3.05) is 7.05 Å². The van der Waals surface area contributed by atoms with Crippen molar-refractivity contribution in [3.05, 3.63) is 71.0 Å². The summed E-state index contributed by atoms with van der Waals surface area (Å²) in [5, 5.41) is 3.19. The van der Waals surface area contributed by atoms with Gasteiger partial charge in [0.15, 0.2) is 0 Å². The van der Waals surface area contributed by atoms with Gasteiger partial charge in [-0.05, 0) is 32.0 Å². The van der Waals surface area contributed by atoms with Crippen LogP contribution in [0.1, 0.15) is 22.7 Å². The molecule has 2 heteroatoms. The minimum absolute atomic E-state index is 0.00676. The molecule has 0 saturated carbocycles. The molecule has 0 aliphatic carbocycles.